The molecule has 0 aliphatic carbocycles. The summed E-state index contributed by atoms with van der Waals surface area (Å²) >= 11 is 0. The molecular weight excluding hydrogens is 252 g/mol. The second-order valence-corrected chi connectivity index (χ2v) is 6.01. The van der Waals surface area contributed by atoms with Gasteiger partial charge in [-0.05, 0) is 23.0 Å². The number of hydrogen-bond acceptors (Lipinski definition) is 3. The highest BCUT2D eigenvalue weighted by atomic mass is 16.5. The number of methoxy groups -OCH3 is 1. The van der Waals surface area contributed by atoms with Gasteiger partial charge in [0.1, 0.15) is 0 Å². The highest BCUT2D eigenvalue weighted by Gasteiger charge is 2.46. The minimum absolute atomic E-state index is 0.227. The van der Waals surface area contributed by atoms with Crippen molar-refractivity contribution in [3.05, 3.63) is 35.4 Å². The molecule has 2 atom stereocenters. The number of benzene rings is 1. The second-order valence-electron chi connectivity index (χ2n) is 6.01. The minimum Gasteiger partial charge on any atom is -0.467 e. The summed E-state index contributed by atoms with van der Waals surface area (Å²) in [6.45, 7) is 9.79. The van der Waals surface area contributed by atoms with Crippen LogP contribution in [0.1, 0.15) is 57.6 Å². The third kappa shape index (κ3) is 3.04. The summed E-state index contributed by atoms with van der Waals surface area (Å²) in [5, 5.41) is 10.8. The molecule has 0 aromatic heterocycles. The van der Waals surface area contributed by atoms with Gasteiger partial charge in [-0.1, -0.05) is 58.9 Å². The van der Waals surface area contributed by atoms with Crippen LogP contribution in [0.5, 0.6) is 0 Å². The van der Waals surface area contributed by atoms with Gasteiger partial charge in [0.25, 0.3) is 0 Å². The summed E-state index contributed by atoms with van der Waals surface area (Å²) in [6.07, 6.45) is 0. The molecule has 0 saturated carbocycles. The van der Waals surface area contributed by atoms with Crippen molar-refractivity contribution in [3.8, 4) is 0 Å². The van der Waals surface area contributed by atoms with Gasteiger partial charge in [0, 0.05) is 5.92 Å². The maximum atomic E-state index is 12.0. The fourth-order valence-corrected chi connectivity index (χ4v) is 2.50. The van der Waals surface area contributed by atoms with Crippen LogP contribution in [0.3, 0.4) is 0 Å². The number of carbonyl (C=O) groups is 1. The fourth-order valence-electron chi connectivity index (χ4n) is 2.50. The highest BCUT2D eigenvalue weighted by molar-refractivity contribution is 5.81. The zero-order valence-electron chi connectivity index (χ0n) is 13.3. The molecule has 0 bridgehead atoms. The summed E-state index contributed by atoms with van der Waals surface area (Å²) in [4.78, 5) is 12.0. The largest absolute Gasteiger partial charge is 0.467 e. The molecule has 1 aromatic carbocycles. The molecule has 0 radical (unpaired) electrons. The molecular formula is C17H26O3. The van der Waals surface area contributed by atoms with Gasteiger partial charge in [-0.25, -0.2) is 4.79 Å². The lowest BCUT2D eigenvalue weighted by molar-refractivity contribution is -0.170. The van der Waals surface area contributed by atoms with Crippen molar-refractivity contribution < 1.29 is 14.6 Å². The van der Waals surface area contributed by atoms with E-state index in [1.165, 1.54) is 12.7 Å². The molecule has 0 heterocycles. The third-order valence-electron chi connectivity index (χ3n) is 4.16. The number of carbonyl (C=O) groups excluding carboxylic acids is 1. The summed E-state index contributed by atoms with van der Waals surface area (Å²) in [6, 6.07) is 8.07. The Bertz CT molecular complexity index is 448. The van der Waals surface area contributed by atoms with E-state index in [0.717, 1.165) is 5.56 Å². The SMILES string of the molecule is COC(=O)C(O)(C(C)C)C(C)c1ccc(C(C)C)cc1. The Balaban J connectivity index is 3.13. The average Bonchev–Trinajstić information content (AvgIpc) is 2.44. The fraction of sp³-hybridized carbons (Fsp3) is 0.588. The van der Waals surface area contributed by atoms with Crippen LogP contribution < -0.4 is 0 Å². The van der Waals surface area contributed by atoms with Gasteiger partial charge >= 0.3 is 5.97 Å². The number of hydrogen-bond donors (Lipinski definition) is 1. The van der Waals surface area contributed by atoms with Crippen LogP contribution in [0.2, 0.25) is 0 Å². The smallest absolute Gasteiger partial charge is 0.338 e. The molecule has 2 unspecified atom stereocenters. The van der Waals surface area contributed by atoms with Gasteiger partial charge in [0.15, 0.2) is 5.60 Å². The lowest BCUT2D eigenvalue weighted by atomic mass is 9.76. The molecule has 0 aliphatic heterocycles. The van der Waals surface area contributed by atoms with Crippen molar-refractivity contribution >= 4 is 5.97 Å². The van der Waals surface area contributed by atoms with Crippen molar-refractivity contribution in [2.24, 2.45) is 5.92 Å². The monoisotopic (exact) mass is 278 g/mol. The summed E-state index contributed by atoms with van der Waals surface area (Å²) in [5.41, 5.74) is 0.678. The maximum Gasteiger partial charge on any atom is 0.338 e. The minimum atomic E-state index is -1.51. The first-order valence-corrected chi connectivity index (χ1v) is 7.15. The van der Waals surface area contributed by atoms with E-state index in [4.69, 9.17) is 4.74 Å². The molecule has 3 nitrogen and oxygen atoms in total. The van der Waals surface area contributed by atoms with Gasteiger partial charge in [0.2, 0.25) is 0 Å². The molecule has 0 saturated heterocycles. The van der Waals surface area contributed by atoms with Crippen molar-refractivity contribution in [1.29, 1.82) is 0 Å². The Hall–Kier alpha value is -1.35. The molecule has 0 aliphatic rings. The van der Waals surface area contributed by atoms with Crippen LogP contribution in [0.15, 0.2) is 24.3 Å². The number of rotatable bonds is 5. The molecule has 1 aromatic rings. The Morgan fingerprint density at radius 2 is 1.50 bits per heavy atom. The topological polar surface area (TPSA) is 46.5 Å². The van der Waals surface area contributed by atoms with Crippen LogP contribution >= 0.6 is 0 Å². The van der Waals surface area contributed by atoms with E-state index in [2.05, 4.69) is 26.0 Å². The van der Waals surface area contributed by atoms with Gasteiger partial charge < -0.3 is 9.84 Å². The molecule has 20 heavy (non-hydrogen) atoms. The summed E-state index contributed by atoms with van der Waals surface area (Å²) < 4.78 is 4.79. The molecule has 1 rings (SSSR count). The molecule has 0 fully saturated rings. The Morgan fingerprint density at radius 3 is 1.85 bits per heavy atom. The Kier molecular flexibility index (Phi) is 5.35. The summed E-state index contributed by atoms with van der Waals surface area (Å²) in [5.74, 6) is -0.664. The first-order chi connectivity index (χ1) is 9.25. The number of ether oxygens (including phenoxy) is 1. The Morgan fingerprint density at radius 1 is 1.05 bits per heavy atom. The van der Waals surface area contributed by atoms with Crippen molar-refractivity contribution in [2.45, 2.75) is 52.1 Å². The van der Waals surface area contributed by atoms with Gasteiger partial charge in [0.05, 0.1) is 7.11 Å². The maximum absolute atomic E-state index is 12.0. The van der Waals surface area contributed by atoms with E-state index in [1.807, 2.05) is 32.9 Å². The van der Waals surface area contributed by atoms with E-state index in [1.54, 1.807) is 0 Å². The number of esters is 1. The molecule has 0 spiro atoms. The zero-order chi connectivity index (χ0) is 15.5. The van der Waals surface area contributed by atoms with Crippen LogP contribution in [-0.4, -0.2) is 23.8 Å². The van der Waals surface area contributed by atoms with Gasteiger partial charge in [-0.3, -0.25) is 0 Å². The van der Waals surface area contributed by atoms with Crippen LogP contribution in [0.25, 0.3) is 0 Å². The standard InChI is InChI=1S/C17H26O3/c1-11(2)14-7-9-15(10-8-14)13(5)17(19,12(3)4)16(18)20-6/h7-13,19H,1-6H3. The molecule has 112 valence electrons. The third-order valence-corrected chi connectivity index (χ3v) is 4.16. The predicted molar refractivity (Wildman–Crippen MR) is 80.7 cm³/mol. The predicted octanol–water partition coefficient (Wildman–Crippen LogP) is 3.47. The van der Waals surface area contributed by atoms with Gasteiger partial charge in [-0.15, -0.1) is 0 Å². The normalized spacial score (nSPS) is 16.1. The highest BCUT2D eigenvalue weighted by Crippen LogP contribution is 2.35. The zero-order valence-corrected chi connectivity index (χ0v) is 13.3. The van der Waals surface area contributed by atoms with Crippen LogP contribution in [0, 0.1) is 5.92 Å². The average molecular weight is 278 g/mol. The van der Waals surface area contributed by atoms with E-state index >= 15 is 0 Å². The van der Waals surface area contributed by atoms with Crippen LogP contribution in [-0.2, 0) is 9.53 Å². The second kappa shape index (κ2) is 6.40. The summed E-state index contributed by atoms with van der Waals surface area (Å²) in [7, 11) is 1.31. The van der Waals surface area contributed by atoms with Crippen molar-refractivity contribution in [2.75, 3.05) is 7.11 Å². The molecule has 1 N–H and O–H groups in total. The number of aliphatic hydroxyl groups is 1. The molecule has 3 heteroatoms. The van der Waals surface area contributed by atoms with Gasteiger partial charge in [-0.2, -0.15) is 0 Å². The lowest BCUT2D eigenvalue weighted by Crippen LogP contribution is -2.49. The quantitative estimate of drug-likeness (QED) is 0.839. The Labute approximate surface area is 122 Å². The van der Waals surface area contributed by atoms with E-state index in [-0.39, 0.29) is 11.8 Å². The van der Waals surface area contributed by atoms with Crippen molar-refractivity contribution in [1.82, 2.24) is 0 Å². The van der Waals surface area contributed by atoms with Crippen LogP contribution in [0.4, 0.5) is 0 Å². The first-order valence-electron chi connectivity index (χ1n) is 7.15. The van der Waals surface area contributed by atoms with Crippen molar-refractivity contribution in [3.63, 3.8) is 0 Å². The molecule has 0 amide bonds. The van der Waals surface area contributed by atoms with E-state index < -0.39 is 11.6 Å². The van der Waals surface area contributed by atoms with E-state index in [9.17, 15) is 9.90 Å². The first kappa shape index (κ1) is 16.7. The lowest BCUT2D eigenvalue weighted by Gasteiger charge is -2.35. The van der Waals surface area contributed by atoms with E-state index in [0.29, 0.717) is 5.92 Å².